The number of hydrogen-bond acceptors (Lipinski definition) is 1. The molecular formula is C10H23N. The van der Waals surface area contributed by atoms with Crippen molar-refractivity contribution in [3.63, 3.8) is 0 Å². The lowest BCUT2D eigenvalue weighted by Crippen LogP contribution is -2.23. The molecule has 0 amide bonds. The summed E-state index contributed by atoms with van der Waals surface area (Å²) < 4.78 is 0. The normalized spacial score (nSPS) is 19.9. The first-order valence-corrected chi connectivity index (χ1v) is 4.44. The topological polar surface area (TPSA) is 3.24 Å². The molecule has 0 spiro atoms. The minimum atomic E-state index is 0. The Balaban J connectivity index is 0.000001000. The highest BCUT2D eigenvalue weighted by atomic mass is 15.1. The van der Waals surface area contributed by atoms with E-state index >= 15 is 0 Å². The quantitative estimate of drug-likeness (QED) is 0.596. The van der Waals surface area contributed by atoms with E-state index in [1.807, 2.05) is 0 Å². The van der Waals surface area contributed by atoms with Gasteiger partial charge in [0.25, 0.3) is 0 Å². The average molecular weight is 157 g/mol. The fourth-order valence-corrected chi connectivity index (χ4v) is 1.89. The summed E-state index contributed by atoms with van der Waals surface area (Å²) >= 11 is 0. The van der Waals surface area contributed by atoms with Gasteiger partial charge >= 0.3 is 0 Å². The molecule has 0 aromatic heterocycles. The fourth-order valence-electron chi connectivity index (χ4n) is 1.89. The summed E-state index contributed by atoms with van der Waals surface area (Å²) in [5.74, 6) is 1.00. The molecule has 0 unspecified atom stereocenters. The molecule has 0 heterocycles. The molecule has 68 valence electrons. The largest absolute Gasteiger partial charge is 0.309 e. The van der Waals surface area contributed by atoms with Crippen LogP contribution in [0.4, 0.5) is 0 Å². The van der Waals surface area contributed by atoms with Gasteiger partial charge in [0.2, 0.25) is 0 Å². The van der Waals surface area contributed by atoms with Gasteiger partial charge in [-0.3, -0.25) is 0 Å². The molecule has 1 rings (SSSR count). The van der Waals surface area contributed by atoms with Crippen LogP contribution in [0.3, 0.4) is 0 Å². The van der Waals surface area contributed by atoms with Crippen molar-refractivity contribution in [1.82, 2.24) is 4.90 Å². The molecule has 1 fully saturated rings. The van der Waals surface area contributed by atoms with Crippen LogP contribution >= 0.6 is 0 Å². The third-order valence-electron chi connectivity index (χ3n) is 2.35. The van der Waals surface area contributed by atoms with Crippen LogP contribution in [-0.2, 0) is 0 Å². The monoisotopic (exact) mass is 157 g/mol. The fraction of sp³-hybridized carbons (Fsp3) is 1.00. The molecule has 1 nitrogen and oxygen atoms in total. The van der Waals surface area contributed by atoms with Gasteiger partial charge in [-0.25, -0.2) is 0 Å². The second-order valence-corrected chi connectivity index (χ2v) is 3.77. The first kappa shape index (κ1) is 11.0. The minimum absolute atomic E-state index is 0. The van der Waals surface area contributed by atoms with Gasteiger partial charge in [-0.05, 0) is 32.9 Å². The van der Waals surface area contributed by atoms with Gasteiger partial charge < -0.3 is 4.90 Å². The van der Waals surface area contributed by atoms with Crippen LogP contribution in [0, 0.1) is 5.92 Å². The third-order valence-corrected chi connectivity index (χ3v) is 2.35. The molecule has 1 aliphatic rings. The summed E-state index contributed by atoms with van der Waals surface area (Å²) in [5.41, 5.74) is 0. The highest BCUT2D eigenvalue weighted by Gasteiger charge is 2.13. The Morgan fingerprint density at radius 1 is 1.09 bits per heavy atom. The lowest BCUT2D eigenvalue weighted by atomic mass is 9.89. The predicted octanol–water partition coefficient (Wildman–Crippen LogP) is 2.76. The Morgan fingerprint density at radius 3 is 2.09 bits per heavy atom. The summed E-state index contributed by atoms with van der Waals surface area (Å²) in [5, 5.41) is 0. The van der Waals surface area contributed by atoms with Crippen molar-refractivity contribution in [2.45, 2.75) is 39.5 Å². The Kier molecular flexibility index (Phi) is 5.57. The molecule has 1 saturated carbocycles. The Hall–Kier alpha value is -0.0400. The molecule has 0 aromatic carbocycles. The van der Waals surface area contributed by atoms with E-state index in [1.165, 1.54) is 38.6 Å². The van der Waals surface area contributed by atoms with Crippen LogP contribution in [0.2, 0.25) is 0 Å². The second kappa shape index (κ2) is 5.59. The lowest BCUT2D eigenvalue weighted by molar-refractivity contribution is 0.264. The van der Waals surface area contributed by atoms with Crippen LogP contribution in [-0.4, -0.2) is 25.5 Å². The van der Waals surface area contributed by atoms with E-state index < -0.39 is 0 Å². The SMILES string of the molecule is C.CN(C)CC1CCCCC1. The van der Waals surface area contributed by atoms with Crippen molar-refractivity contribution in [1.29, 1.82) is 0 Å². The van der Waals surface area contributed by atoms with Crippen LogP contribution in [0.1, 0.15) is 39.5 Å². The Morgan fingerprint density at radius 2 is 1.64 bits per heavy atom. The molecule has 0 aliphatic heterocycles. The third kappa shape index (κ3) is 4.41. The van der Waals surface area contributed by atoms with E-state index in [-0.39, 0.29) is 7.43 Å². The summed E-state index contributed by atoms with van der Waals surface area (Å²) in [6.07, 6.45) is 7.36. The summed E-state index contributed by atoms with van der Waals surface area (Å²) in [6, 6.07) is 0. The van der Waals surface area contributed by atoms with Crippen molar-refractivity contribution in [2.24, 2.45) is 5.92 Å². The van der Waals surface area contributed by atoms with E-state index in [0.29, 0.717) is 0 Å². The Labute approximate surface area is 71.8 Å². The van der Waals surface area contributed by atoms with E-state index in [4.69, 9.17) is 0 Å². The molecule has 0 bridgehead atoms. The van der Waals surface area contributed by atoms with Gasteiger partial charge in [-0.15, -0.1) is 0 Å². The summed E-state index contributed by atoms with van der Waals surface area (Å²) in [7, 11) is 4.35. The number of hydrogen-bond donors (Lipinski definition) is 0. The van der Waals surface area contributed by atoms with E-state index in [0.717, 1.165) is 5.92 Å². The highest BCUT2D eigenvalue weighted by Crippen LogP contribution is 2.23. The molecule has 0 atom stereocenters. The van der Waals surface area contributed by atoms with Crippen LogP contribution in [0.5, 0.6) is 0 Å². The van der Waals surface area contributed by atoms with Crippen molar-refractivity contribution in [3.05, 3.63) is 0 Å². The highest BCUT2D eigenvalue weighted by molar-refractivity contribution is 4.67. The van der Waals surface area contributed by atoms with E-state index in [9.17, 15) is 0 Å². The average Bonchev–Trinajstić information content (AvgIpc) is 1.88. The van der Waals surface area contributed by atoms with Gasteiger partial charge in [-0.1, -0.05) is 26.7 Å². The smallest absolute Gasteiger partial charge is 0.000356 e. The van der Waals surface area contributed by atoms with Crippen molar-refractivity contribution < 1.29 is 0 Å². The maximum Gasteiger partial charge on any atom is 0.000356 e. The van der Waals surface area contributed by atoms with Gasteiger partial charge in [0.15, 0.2) is 0 Å². The first-order chi connectivity index (χ1) is 4.79. The molecule has 0 N–H and O–H groups in total. The predicted molar refractivity (Wildman–Crippen MR) is 51.9 cm³/mol. The van der Waals surface area contributed by atoms with Crippen LogP contribution in [0.25, 0.3) is 0 Å². The van der Waals surface area contributed by atoms with Gasteiger partial charge in [-0.2, -0.15) is 0 Å². The van der Waals surface area contributed by atoms with E-state index in [1.54, 1.807) is 0 Å². The summed E-state index contributed by atoms with van der Waals surface area (Å²) in [6.45, 7) is 1.31. The molecule has 0 saturated heterocycles. The maximum absolute atomic E-state index is 2.32. The molecule has 0 aromatic rings. The van der Waals surface area contributed by atoms with Crippen molar-refractivity contribution >= 4 is 0 Å². The zero-order valence-electron chi connectivity index (χ0n) is 7.27. The van der Waals surface area contributed by atoms with Gasteiger partial charge in [0, 0.05) is 6.54 Å². The molecule has 1 heteroatoms. The zero-order chi connectivity index (χ0) is 7.40. The van der Waals surface area contributed by atoms with Gasteiger partial charge in [0.1, 0.15) is 0 Å². The molecule has 0 radical (unpaired) electrons. The van der Waals surface area contributed by atoms with Crippen LogP contribution in [0.15, 0.2) is 0 Å². The standard InChI is InChI=1S/C9H19N.CH4/c1-10(2)8-9-6-4-3-5-7-9;/h9H,3-8H2,1-2H3;1H4. The van der Waals surface area contributed by atoms with E-state index in [2.05, 4.69) is 19.0 Å². The first-order valence-electron chi connectivity index (χ1n) is 4.44. The van der Waals surface area contributed by atoms with Crippen molar-refractivity contribution in [2.75, 3.05) is 20.6 Å². The number of nitrogens with zero attached hydrogens (tertiary/aromatic N) is 1. The molecule has 1 aliphatic carbocycles. The van der Waals surface area contributed by atoms with Crippen LogP contribution < -0.4 is 0 Å². The second-order valence-electron chi connectivity index (χ2n) is 3.77. The van der Waals surface area contributed by atoms with Crippen molar-refractivity contribution in [3.8, 4) is 0 Å². The maximum atomic E-state index is 2.32. The molecule has 11 heavy (non-hydrogen) atoms. The van der Waals surface area contributed by atoms with Gasteiger partial charge in [0.05, 0.1) is 0 Å². The minimum Gasteiger partial charge on any atom is -0.309 e. The Bertz CT molecular complexity index is 82.9. The number of rotatable bonds is 2. The summed E-state index contributed by atoms with van der Waals surface area (Å²) in [4.78, 5) is 2.32. The lowest BCUT2D eigenvalue weighted by Gasteiger charge is -2.24. The zero-order valence-corrected chi connectivity index (χ0v) is 7.27. The molecular weight excluding hydrogens is 134 g/mol.